The quantitative estimate of drug-likeness (QED) is 0.458. The van der Waals surface area contributed by atoms with E-state index in [0.29, 0.717) is 0 Å². The highest BCUT2D eigenvalue weighted by atomic mass is 14.2. The second-order valence-electron chi connectivity index (χ2n) is 5.99. The zero-order chi connectivity index (χ0) is 12.6. The Labute approximate surface area is 104 Å². The summed E-state index contributed by atoms with van der Waals surface area (Å²) in [7, 11) is 0. The summed E-state index contributed by atoms with van der Waals surface area (Å²) in [5.74, 6) is 3.71. The number of hydrogen-bond donors (Lipinski definition) is 0. The molecule has 0 bridgehead atoms. The van der Waals surface area contributed by atoms with E-state index in [1.807, 2.05) is 0 Å². The first-order valence-electron chi connectivity index (χ1n) is 7.54. The Morgan fingerprint density at radius 2 is 1.25 bits per heavy atom. The van der Waals surface area contributed by atoms with Crippen molar-refractivity contribution in [3.8, 4) is 0 Å². The molecule has 0 radical (unpaired) electrons. The van der Waals surface area contributed by atoms with Crippen molar-refractivity contribution in [3.05, 3.63) is 0 Å². The summed E-state index contributed by atoms with van der Waals surface area (Å²) in [6, 6.07) is 0. The molecular formula is C16H34. The summed E-state index contributed by atoms with van der Waals surface area (Å²) in [4.78, 5) is 0. The van der Waals surface area contributed by atoms with E-state index in [1.165, 1.54) is 38.5 Å². The lowest BCUT2D eigenvalue weighted by Crippen LogP contribution is -2.15. The molecule has 0 aromatic heterocycles. The molecule has 0 saturated heterocycles. The van der Waals surface area contributed by atoms with E-state index in [2.05, 4.69) is 41.5 Å². The molecule has 0 saturated carbocycles. The maximum atomic E-state index is 2.47. The Morgan fingerprint density at radius 1 is 0.688 bits per heavy atom. The highest BCUT2D eigenvalue weighted by Gasteiger charge is 2.18. The summed E-state index contributed by atoms with van der Waals surface area (Å²) >= 11 is 0. The summed E-state index contributed by atoms with van der Waals surface area (Å²) in [6.07, 6.45) is 8.35. The lowest BCUT2D eigenvalue weighted by Gasteiger charge is -2.26. The smallest absolute Gasteiger partial charge is 0.0389 e. The van der Waals surface area contributed by atoms with Gasteiger partial charge in [0.05, 0.1) is 0 Å². The molecule has 0 aromatic rings. The molecule has 0 aromatic carbocycles. The van der Waals surface area contributed by atoms with Crippen molar-refractivity contribution in [1.29, 1.82) is 0 Å². The second kappa shape index (κ2) is 9.07. The molecule has 0 amide bonds. The zero-order valence-electron chi connectivity index (χ0n) is 12.6. The van der Waals surface area contributed by atoms with Crippen LogP contribution >= 0.6 is 0 Å². The molecule has 0 aliphatic heterocycles. The number of rotatable bonds is 9. The van der Waals surface area contributed by atoms with Crippen LogP contribution in [0.4, 0.5) is 0 Å². The standard InChI is InChI=1S/C16H34/c1-7-13(4)10-11-15(6)16(9-3)12-14(5)8-2/h13-16H,7-12H2,1-6H3. The molecule has 0 N–H and O–H groups in total. The minimum atomic E-state index is 0.913. The van der Waals surface area contributed by atoms with E-state index in [-0.39, 0.29) is 0 Å². The van der Waals surface area contributed by atoms with Gasteiger partial charge in [-0.1, -0.05) is 73.6 Å². The molecule has 98 valence electrons. The van der Waals surface area contributed by atoms with Crippen LogP contribution in [-0.4, -0.2) is 0 Å². The van der Waals surface area contributed by atoms with Gasteiger partial charge in [0, 0.05) is 0 Å². The molecule has 0 spiro atoms. The fourth-order valence-corrected chi connectivity index (χ4v) is 2.47. The first kappa shape index (κ1) is 16.0. The summed E-state index contributed by atoms with van der Waals surface area (Å²) in [5, 5.41) is 0. The van der Waals surface area contributed by atoms with Crippen LogP contribution in [0.1, 0.15) is 80.1 Å². The predicted molar refractivity (Wildman–Crippen MR) is 75.7 cm³/mol. The van der Waals surface area contributed by atoms with Crippen LogP contribution in [0.3, 0.4) is 0 Å². The van der Waals surface area contributed by atoms with E-state index in [9.17, 15) is 0 Å². The topological polar surface area (TPSA) is 0 Å². The van der Waals surface area contributed by atoms with Gasteiger partial charge in [-0.2, -0.15) is 0 Å². The highest BCUT2D eigenvalue weighted by molar-refractivity contribution is 4.69. The number of hydrogen-bond acceptors (Lipinski definition) is 0. The van der Waals surface area contributed by atoms with Crippen LogP contribution in [0.15, 0.2) is 0 Å². The van der Waals surface area contributed by atoms with Gasteiger partial charge < -0.3 is 0 Å². The predicted octanol–water partition coefficient (Wildman–Crippen LogP) is 5.91. The fraction of sp³-hybridized carbons (Fsp3) is 1.00. The Hall–Kier alpha value is 0. The van der Waals surface area contributed by atoms with Crippen molar-refractivity contribution in [2.24, 2.45) is 23.7 Å². The highest BCUT2D eigenvalue weighted by Crippen LogP contribution is 2.29. The van der Waals surface area contributed by atoms with Crippen LogP contribution in [0, 0.1) is 23.7 Å². The molecule has 4 unspecified atom stereocenters. The zero-order valence-corrected chi connectivity index (χ0v) is 12.6. The van der Waals surface area contributed by atoms with Gasteiger partial charge in [-0.25, -0.2) is 0 Å². The van der Waals surface area contributed by atoms with Gasteiger partial charge in [-0.15, -0.1) is 0 Å². The Kier molecular flexibility index (Phi) is 9.07. The first-order chi connectivity index (χ1) is 7.54. The van der Waals surface area contributed by atoms with Crippen LogP contribution in [-0.2, 0) is 0 Å². The average Bonchev–Trinajstić information content (AvgIpc) is 2.31. The van der Waals surface area contributed by atoms with Crippen molar-refractivity contribution in [2.45, 2.75) is 80.1 Å². The van der Waals surface area contributed by atoms with Gasteiger partial charge in [-0.05, 0) is 30.1 Å². The maximum Gasteiger partial charge on any atom is -0.0389 e. The van der Waals surface area contributed by atoms with Crippen molar-refractivity contribution in [3.63, 3.8) is 0 Å². The molecule has 4 atom stereocenters. The normalized spacial score (nSPS) is 19.1. The van der Waals surface area contributed by atoms with E-state index in [0.717, 1.165) is 23.7 Å². The third-order valence-corrected chi connectivity index (χ3v) is 4.54. The van der Waals surface area contributed by atoms with Crippen LogP contribution in [0.25, 0.3) is 0 Å². The first-order valence-corrected chi connectivity index (χ1v) is 7.54. The van der Waals surface area contributed by atoms with E-state index in [1.54, 1.807) is 0 Å². The largest absolute Gasteiger partial charge is 0.0651 e. The fourth-order valence-electron chi connectivity index (χ4n) is 2.47. The Balaban J connectivity index is 3.95. The molecular weight excluding hydrogens is 192 g/mol. The Morgan fingerprint density at radius 3 is 1.69 bits per heavy atom. The minimum Gasteiger partial charge on any atom is -0.0651 e. The second-order valence-corrected chi connectivity index (χ2v) is 5.99. The van der Waals surface area contributed by atoms with Crippen molar-refractivity contribution < 1.29 is 0 Å². The molecule has 0 aliphatic carbocycles. The summed E-state index contributed by atoms with van der Waals surface area (Å²) in [6.45, 7) is 14.3. The summed E-state index contributed by atoms with van der Waals surface area (Å²) < 4.78 is 0. The Bertz CT molecular complexity index is 150. The monoisotopic (exact) mass is 226 g/mol. The van der Waals surface area contributed by atoms with Gasteiger partial charge >= 0.3 is 0 Å². The lowest BCUT2D eigenvalue weighted by atomic mass is 9.80. The minimum absolute atomic E-state index is 0.913. The third kappa shape index (κ3) is 6.55. The van der Waals surface area contributed by atoms with Crippen molar-refractivity contribution >= 4 is 0 Å². The van der Waals surface area contributed by atoms with Crippen molar-refractivity contribution in [2.75, 3.05) is 0 Å². The molecule has 16 heavy (non-hydrogen) atoms. The van der Waals surface area contributed by atoms with Crippen LogP contribution < -0.4 is 0 Å². The molecule has 0 fully saturated rings. The van der Waals surface area contributed by atoms with Gasteiger partial charge in [0.2, 0.25) is 0 Å². The van der Waals surface area contributed by atoms with Crippen LogP contribution in [0.2, 0.25) is 0 Å². The van der Waals surface area contributed by atoms with Crippen LogP contribution in [0.5, 0.6) is 0 Å². The van der Waals surface area contributed by atoms with Crippen molar-refractivity contribution in [1.82, 2.24) is 0 Å². The average molecular weight is 226 g/mol. The molecule has 0 heterocycles. The SMILES string of the molecule is CCC(C)CCC(C)C(CC)CC(C)CC. The molecule has 0 rings (SSSR count). The molecule has 0 heteroatoms. The van der Waals surface area contributed by atoms with Gasteiger partial charge in [0.15, 0.2) is 0 Å². The maximum absolute atomic E-state index is 2.47. The molecule has 0 nitrogen and oxygen atoms in total. The lowest BCUT2D eigenvalue weighted by molar-refractivity contribution is 0.252. The van der Waals surface area contributed by atoms with Gasteiger partial charge in [0.1, 0.15) is 0 Å². The van der Waals surface area contributed by atoms with E-state index in [4.69, 9.17) is 0 Å². The molecule has 0 aliphatic rings. The van der Waals surface area contributed by atoms with E-state index >= 15 is 0 Å². The van der Waals surface area contributed by atoms with Gasteiger partial charge in [-0.3, -0.25) is 0 Å². The van der Waals surface area contributed by atoms with Gasteiger partial charge in [0.25, 0.3) is 0 Å². The third-order valence-electron chi connectivity index (χ3n) is 4.54. The van der Waals surface area contributed by atoms with E-state index < -0.39 is 0 Å². The summed E-state index contributed by atoms with van der Waals surface area (Å²) in [5.41, 5.74) is 0.